The van der Waals surface area contributed by atoms with Crippen LogP contribution in [-0.2, 0) is 27.2 Å². The largest absolute Gasteiger partial charge is 0.331 e. The van der Waals surface area contributed by atoms with Crippen molar-refractivity contribution >= 4 is 15.2 Å². The van der Waals surface area contributed by atoms with Gasteiger partial charge in [-0.1, -0.05) is 66.2 Å². The van der Waals surface area contributed by atoms with Crippen LogP contribution in [0.15, 0.2) is 0 Å². The predicted molar refractivity (Wildman–Crippen MR) is 203 cm³/mol. The molecule has 12 nitrogen and oxygen atoms in total. The van der Waals surface area contributed by atoms with E-state index in [9.17, 15) is 9.13 Å². The molecule has 0 rings (SSSR count). The van der Waals surface area contributed by atoms with Gasteiger partial charge in [-0.2, -0.15) is 0 Å². The van der Waals surface area contributed by atoms with Crippen LogP contribution in [-0.4, -0.2) is 114 Å². The van der Waals surface area contributed by atoms with E-state index in [-0.39, 0.29) is 11.8 Å². The molecular weight excluding hydrogens is 650 g/mol. The lowest BCUT2D eigenvalue weighted by atomic mass is 10.1. The molecule has 0 heterocycles. The Balaban J connectivity index is 4.41. The first-order chi connectivity index (χ1) is 23.0. The quantitative estimate of drug-likeness (QED) is 0.0442. The first kappa shape index (κ1) is 48.1. The van der Waals surface area contributed by atoms with Crippen LogP contribution in [0.25, 0.3) is 0 Å². The number of hydrogen-bond donors (Lipinski definition) is 4. The fraction of sp³-hybridized carbons (Fsp3) is 1.00. The minimum Gasteiger partial charge on any atom is -0.330 e. The normalized spacial score (nSPS) is 14.8. The fourth-order valence-corrected chi connectivity index (χ4v) is 8.57. The van der Waals surface area contributed by atoms with E-state index in [0.29, 0.717) is 78.0 Å². The highest BCUT2D eigenvalue weighted by Crippen LogP contribution is 2.49. The van der Waals surface area contributed by atoms with Crippen LogP contribution >= 0.6 is 15.2 Å². The van der Waals surface area contributed by atoms with Gasteiger partial charge in [0.2, 0.25) is 0 Å². The molecule has 2 atom stereocenters. The molecule has 0 aliphatic heterocycles. The third-order valence-corrected chi connectivity index (χ3v) is 11.7. The molecule has 0 spiro atoms. The topological polar surface area (TPSA) is 182 Å². The summed E-state index contributed by atoms with van der Waals surface area (Å²) in [4.78, 5) is 4.54. The number of hydrogen-bond acceptors (Lipinski definition) is 12. The Hall–Kier alpha value is 0.0600. The Morgan fingerprint density at radius 2 is 0.729 bits per heavy atom. The summed E-state index contributed by atoms with van der Waals surface area (Å²) in [7, 11) is -6.33. The van der Waals surface area contributed by atoms with Gasteiger partial charge in [0.05, 0.1) is 38.8 Å². The van der Waals surface area contributed by atoms with Crippen LogP contribution in [0.1, 0.15) is 105 Å². The molecule has 0 aromatic carbocycles. The van der Waals surface area contributed by atoms with Gasteiger partial charge < -0.3 is 50.8 Å². The molecule has 14 heteroatoms. The van der Waals surface area contributed by atoms with Crippen LogP contribution in [0.4, 0.5) is 0 Å². The maximum absolute atomic E-state index is 13.5. The summed E-state index contributed by atoms with van der Waals surface area (Å²) in [5.74, 6) is 0.576. The van der Waals surface area contributed by atoms with Crippen molar-refractivity contribution in [1.82, 2.24) is 9.80 Å². The molecule has 8 N–H and O–H groups in total. The molecule has 0 fully saturated rings. The third kappa shape index (κ3) is 28.7. The van der Waals surface area contributed by atoms with E-state index >= 15 is 0 Å². The van der Waals surface area contributed by atoms with Crippen LogP contribution in [0.3, 0.4) is 0 Å². The molecule has 0 amide bonds. The second-order valence-corrected chi connectivity index (χ2v) is 18.2. The van der Waals surface area contributed by atoms with Crippen LogP contribution < -0.4 is 22.9 Å². The SMILES string of the molecule is CC(C)COP(=O)(CCN(CCCN)CCCN)OCCCCCCCCCCOP(=O)(CCN(CCCN)CCCN)OCC(C)C. The summed E-state index contributed by atoms with van der Waals surface area (Å²) in [5.41, 5.74) is 22.8. The summed E-state index contributed by atoms with van der Waals surface area (Å²) in [6.07, 6.45) is 12.7. The Labute approximate surface area is 295 Å². The molecule has 2 unspecified atom stereocenters. The minimum absolute atomic E-state index is 0.288. The van der Waals surface area contributed by atoms with Crippen LogP contribution in [0, 0.1) is 11.8 Å². The first-order valence-electron chi connectivity index (χ1n) is 19.0. The fourth-order valence-electron chi connectivity index (χ4n) is 4.99. The van der Waals surface area contributed by atoms with Crippen molar-refractivity contribution in [2.75, 3.05) is 104 Å². The zero-order valence-electron chi connectivity index (χ0n) is 31.5. The maximum Gasteiger partial charge on any atom is 0.331 e. The maximum atomic E-state index is 13.5. The standard InChI is InChI=1S/C34H78N6O6P2/c1-33(2)31-45-47(41,29-25-39(21-13-17-35)22-14-18-36)43-27-11-9-7-5-6-8-10-12-28-44-48(42,46-32-34(3)4)30-26-40(23-15-19-37)24-16-20-38/h33-34H,5-32,35-38H2,1-4H3. The van der Waals surface area contributed by atoms with Crippen molar-refractivity contribution in [1.29, 1.82) is 0 Å². The van der Waals surface area contributed by atoms with Gasteiger partial charge in [0, 0.05) is 13.1 Å². The molecule has 0 aliphatic carbocycles. The molecule has 290 valence electrons. The average Bonchev–Trinajstić information content (AvgIpc) is 3.06. The minimum atomic E-state index is -3.17. The number of nitrogens with zero attached hydrogens (tertiary/aromatic N) is 2. The van der Waals surface area contributed by atoms with Gasteiger partial charge in [0.15, 0.2) is 0 Å². The van der Waals surface area contributed by atoms with E-state index in [4.69, 9.17) is 41.0 Å². The summed E-state index contributed by atoms with van der Waals surface area (Å²) in [6.45, 7) is 17.3. The van der Waals surface area contributed by atoms with Gasteiger partial charge >= 0.3 is 15.2 Å². The van der Waals surface area contributed by atoms with Gasteiger partial charge in [-0.25, -0.2) is 0 Å². The van der Waals surface area contributed by atoms with Crippen molar-refractivity contribution in [2.45, 2.75) is 105 Å². The zero-order chi connectivity index (χ0) is 35.9. The Morgan fingerprint density at radius 1 is 0.438 bits per heavy atom. The average molecular weight is 729 g/mol. The van der Waals surface area contributed by atoms with Gasteiger partial charge in [-0.05, 0) is 103 Å². The van der Waals surface area contributed by atoms with E-state index in [1.54, 1.807) is 0 Å². The molecule has 0 aromatic heterocycles. The van der Waals surface area contributed by atoms with Crippen molar-refractivity contribution in [3.63, 3.8) is 0 Å². The van der Waals surface area contributed by atoms with E-state index in [1.165, 1.54) is 0 Å². The highest BCUT2D eigenvalue weighted by atomic mass is 31.2. The van der Waals surface area contributed by atoms with Crippen molar-refractivity contribution < 1.29 is 27.2 Å². The third-order valence-electron chi connectivity index (χ3n) is 7.92. The van der Waals surface area contributed by atoms with Crippen LogP contribution in [0.5, 0.6) is 0 Å². The second kappa shape index (κ2) is 31.8. The molecule has 0 aliphatic rings. The lowest BCUT2D eigenvalue weighted by Crippen LogP contribution is -2.31. The first-order valence-corrected chi connectivity index (χ1v) is 22.5. The van der Waals surface area contributed by atoms with Gasteiger partial charge in [0.1, 0.15) is 0 Å². The highest BCUT2D eigenvalue weighted by Gasteiger charge is 2.27. The Morgan fingerprint density at radius 3 is 1.00 bits per heavy atom. The number of nitrogens with two attached hydrogens (primary N) is 4. The van der Waals surface area contributed by atoms with E-state index in [1.807, 2.05) is 0 Å². The molecule has 0 radical (unpaired) electrons. The zero-order valence-corrected chi connectivity index (χ0v) is 33.3. The molecule has 0 bridgehead atoms. The van der Waals surface area contributed by atoms with Crippen molar-refractivity contribution in [2.24, 2.45) is 34.8 Å². The number of rotatable bonds is 37. The van der Waals surface area contributed by atoms with Gasteiger partial charge in [-0.3, -0.25) is 9.13 Å². The summed E-state index contributed by atoms with van der Waals surface area (Å²) in [5, 5.41) is 0. The predicted octanol–water partition coefficient (Wildman–Crippen LogP) is 5.87. The lowest BCUT2D eigenvalue weighted by Gasteiger charge is -2.25. The highest BCUT2D eigenvalue weighted by molar-refractivity contribution is 7.54. The monoisotopic (exact) mass is 729 g/mol. The van der Waals surface area contributed by atoms with Crippen LogP contribution in [0.2, 0.25) is 0 Å². The van der Waals surface area contributed by atoms with Crippen molar-refractivity contribution in [3.8, 4) is 0 Å². The number of unbranched alkanes of at least 4 members (excludes halogenated alkanes) is 7. The van der Waals surface area contributed by atoms with E-state index < -0.39 is 15.2 Å². The smallest absolute Gasteiger partial charge is 0.330 e. The van der Waals surface area contributed by atoms with E-state index in [2.05, 4.69) is 37.5 Å². The Kier molecular flexibility index (Phi) is 31.8. The lowest BCUT2D eigenvalue weighted by molar-refractivity contribution is 0.178. The molecular formula is C34H78N6O6P2. The Bertz CT molecular complexity index is 734. The second-order valence-electron chi connectivity index (χ2n) is 13.8. The summed E-state index contributed by atoms with van der Waals surface area (Å²) >= 11 is 0. The van der Waals surface area contributed by atoms with E-state index in [0.717, 1.165) is 103 Å². The molecule has 0 saturated heterocycles. The van der Waals surface area contributed by atoms with Gasteiger partial charge in [-0.15, -0.1) is 0 Å². The van der Waals surface area contributed by atoms with Gasteiger partial charge in [0.25, 0.3) is 0 Å². The summed E-state index contributed by atoms with van der Waals surface area (Å²) < 4.78 is 50.6. The molecule has 48 heavy (non-hydrogen) atoms. The summed E-state index contributed by atoms with van der Waals surface area (Å²) in [6, 6.07) is 0. The molecule has 0 aromatic rings. The molecule has 0 saturated carbocycles. The van der Waals surface area contributed by atoms with Crippen molar-refractivity contribution in [3.05, 3.63) is 0 Å².